The first-order chi connectivity index (χ1) is 9.60. The summed E-state index contributed by atoms with van der Waals surface area (Å²) in [6.07, 6.45) is 2.02. The van der Waals surface area contributed by atoms with Crippen molar-refractivity contribution in [1.29, 1.82) is 5.26 Å². The van der Waals surface area contributed by atoms with Crippen molar-refractivity contribution in [2.75, 3.05) is 6.61 Å². The number of allylic oxidation sites excluding steroid dienone is 1. The molecule has 0 spiro atoms. The van der Waals surface area contributed by atoms with Gasteiger partial charge in [-0.15, -0.1) is 6.58 Å². The largest absolute Gasteiger partial charge is 0.396 e. The Bertz CT molecular complexity index is 549. The average molecular weight is 270 g/mol. The molecule has 1 saturated carbocycles. The number of benzene rings is 1. The smallest absolute Gasteiger partial charge is 0.238 e. The number of aliphatic hydroxyl groups is 1. The third kappa shape index (κ3) is 2.00. The Kier molecular flexibility index (Phi) is 3.91. The van der Waals surface area contributed by atoms with Gasteiger partial charge < -0.3 is 10.8 Å². The molecule has 1 aromatic rings. The van der Waals surface area contributed by atoms with Crippen LogP contribution in [0, 0.1) is 28.6 Å². The summed E-state index contributed by atoms with van der Waals surface area (Å²) in [7, 11) is 0. The van der Waals surface area contributed by atoms with E-state index < -0.39 is 17.2 Å². The van der Waals surface area contributed by atoms with Crippen LogP contribution in [0.3, 0.4) is 0 Å². The van der Waals surface area contributed by atoms with E-state index in [2.05, 4.69) is 12.6 Å². The van der Waals surface area contributed by atoms with E-state index in [1.165, 1.54) is 0 Å². The van der Waals surface area contributed by atoms with Crippen molar-refractivity contribution < 1.29 is 9.90 Å². The molecule has 4 atom stereocenters. The van der Waals surface area contributed by atoms with Crippen LogP contribution in [0.25, 0.3) is 0 Å². The molecular weight excluding hydrogens is 252 g/mol. The van der Waals surface area contributed by atoms with Gasteiger partial charge in [-0.05, 0) is 23.8 Å². The molecule has 2 rings (SSSR count). The summed E-state index contributed by atoms with van der Waals surface area (Å²) < 4.78 is 0. The molecule has 4 heteroatoms. The van der Waals surface area contributed by atoms with E-state index in [4.69, 9.17) is 5.73 Å². The van der Waals surface area contributed by atoms with E-state index in [-0.39, 0.29) is 18.4 Å². The number of carbonyl (C=O) groups is 1. The van der Waals surface area contributed by atoms with E-state index in [0.717, 1.165) is 5.56 Å². The molecule has 4 nitrogen and oxygen atoms in total. The molecule has 0 aromatic heterocycles. The first kappa shape index (κ1) is 14.3. The number of nitrogens with two attached hydrogens (primary N) is 1. The Morgan fingerprint density at radius 2 is 2.20 bits per heavy atom. The number of carbonyl (C=O) groups excluding carboxylic acids is 1. The van der Waals surface area contributed by atoms with Gasteiger partial charge in [0.05, 0.1) is 6.07 Å². The van der Waals surface area contributed by atoms with E-state index in [9.17, 15) is 15.2 Å². The Balaban J connectivity index is 2.59. The van der Waals surface area contributed by atoms with E-state index in [1.807, 2.05) is 30.3 Å². The number of primary amides is 1. The molecule has 0 saturated heterocycles. The predicted octanol–water partition coefficient (Wildman–Crippen LogP) is 1.58. The van der Waals surface area contributed by atoms with Gasteiger partial charge >= 0.3 is 0 Å². The van der Waals surface area contributed by atoms with Gasteiger partial charge in [0.1, 0.15) is 5.41 Å². The number of aliphatic hydroxyl groups excluding tert-OH is 1. The Morgan fingerprint density at radius 1 is 1.55 bits per heavy atom. The van der Waals surface area contributed by atoms with Gasteiger partial charge in [-0.3, -0.25) is 4.79 Å². The second-order valence-corrected chi connectivity index (χ2v) is 5.29. The van der Waals surface area contributed by atoms with Crippen molar-refractivity contribution in [3.05, 3.63) is 48.6 Å². The Labute approximate surface area is 118 Å². The van der Waals surface area contributed by atoms with Gasteiger partial charge in [-0.25, -0.2) is 0 Å². The lowest BCUT2D eigenvalue weighted by Crippen LogP contribution is -2.39. The molecule has 3 N–H and O–H groups in total. The van der Waals surface area contributed by atoms with Crippen LogP contribution in [0.15, 0.2) is 43.0 Å². The van der Waals surface area contributed by atoms with Crippen LogP contribution < -0.4 is 5.73 Å². The summed E-state index contributed by atoms with van der Waals surface area (Å²) in [4.78, 5) is 11.9. The minimum Gasteiger partial charge on any atom is -0.396 e. The second kappa shape index (κ2) is 5.48. The van der Waals surface area contributed by atoms with Crippen LogP contribution in [0.1, 0.15) is 17.9 Å². The van der Waals surface area contributed by atoms with Crippen LogP contribution in [0.2, 0.25) is 0 Å². The number of nitriles is 1. The Hall–Kier alpha value is -2.12. The lowest BCUT2D eigenvalue weighted by Gasteiger charge is -2.28. The van der Waals surface area contributed by atoms with Crippen molar-refractivity contribution >= 4 is 5.91 Å². The SMILES string of the molecule is C=C[C@H]1C[C@@](C#N)(C(N)=O)[C@H](c2ccccc2)[C@H]1CO. The normalized spacial score (nSPS) is 32.5. The lowest BCUT2D eigenvalue weighted by molar-refractivity contribution is -0.125. The predicted molar refractivity (Wildman–Crippen MR) is 75.3 cm³/mol. The standard InChI is InChI=1S/C16H18N2O2/c1-2-11-8-16(10-17,15(18)20)14(13(11)9-19)12-6-4-3-5-7-12/h2-7,11,13-14,19H,1,8-9H2,(H2,18,20)/t11-,13-,14+,16-/m0/s1. The number of hydrogen-bond donors (Lipinski definition) is 2. The van der Waals surface area contributed by atoms with E-state index in [1.54, 1.807) is 6.08 Å². The molecule has 20 heavy (non-hydrogen) atoms. The molecule has 1 aliphatic carbocycles. The number of hydrogen-bond acceptors (Lipinski definition) is 3. The van der Waals surface area contributed by atoms with Crippen LogP contribution in [-0.4, -0.2) is 17.6 Å². The van der Waals surface area contributed by atoms with Crippen molar-refractivity contribution in [2.45, 2.75) is 12.3 Å². The van der Waals surface area contributed by atoms with Crippen LogP contribution in [-0.2, 0) is 4.79 Å². The molecule has 0 radical (unpaired) electrons. The highest BCUT2D eigenvalue weighted by atomic mass is 16.3. The quantitative estimate of drug-likeness (QED) is 0.814. The molecule has 1 fully saturated rings. The van der Waals surface area contributed by atoms with Gasteiger partial charge in [0, 0.05) is 12.5 Å². The summed E-state index contributed by atoms with van der Waals surface area (Å²) in [5.41, 5.74) is 5.10. The second-order valence-electron chi connectivity index (χ2n) is 5.29. The van der Waals surface area contributed by atoms with Gasteiger partial charge in [0.15, 0.2) is 0 Å². The molecule has 0 bridgehead atoms. The zero-order chi connectivity index (χ0) is 14.8. The monoisotopic (exact) mass is 270 g/mol. The van der Waals surface area contributed by atoms with Gasteiger partial charge in [0.25, 0.3) is 0 Å². The highest BCUT2D eigenvalue weighted by Gasteiger charge is 2.57. The van der Waals surface area contributed by atoms with Crippen molar-refractivity contribution in [3.63, 3.8) is 0 Å². The lowest BCUT2D eigenvalue weighted by atomic mass is 9.72. The van der Waals surface area contributed by atoms with Crippen molar-refractivity contribution in [2.24, 2.45) is 23.0 Å². The zero-order valence-electron chi connectivity index (χ0n) is 11.2. The maximum Gasteiger partial charge on any atom is 0.238 e. The van der Waals surface area contributed by atoms with Gasteiger partial charge in [0.2, 0.25) is 5.91 Å². The third-order valence-corrected chi connectivity index (χ3v) is 4.38. The average Bonchev–Trinajstić information content (AvgIpc) is 2.82. The zero-order valence-corrected chi connectivity index (χ0v) is 11.2. The molecule has 0 aliphatic heterocycles. The van der Waals surface area contributed by atoms with Crippen LogP contribution in [0.5, 0.6) is 0 Å². The highest BCUT2D eigenvalue weighted by molar-refractivity contribution is 5.86. The number of amides is 1. The van der Waals surface area contributed by atoms with Crippen molar-refractivity contribution in [1.82, 2.24) is 0 Å². The van der Waals surface area contributed by atoms with Crippen LogP contribution in [0.4, 0.5) is 0 Å². The van der Waals surface area contributed by atoms with E-state index in [0.29, 0.717) is 6.42 Å². The van der Waals surface area contributed by atoms with Crippen molar-refractivity contribution in [3.8, 4) is 6.07 Å². The summed E-state index contributed by atoms with van der Waals surface area (Å²) in [6, 6.07) is 11.4. The molecule has 1 aromatic carbocycles. The maximum absolute atomic E-state index is 11.9. The fourth-order valence-corrected chi connectivity index (χ4v) is 3.38. The molecule has 1 aliphatic rings. The molecule has 0 heterocycles. The number of nitrogens with zero attached hydrogens (tertiary/aromatic N) is 1. The maximum atomic E-state index is 11.9. The molecule has 1 amide bonds. The molecule has 104 valence electrons. The Morgan fingerprint density at radius 3 is 2.65 bits per heavy atom. The molecular formula is C16H18N2O2. The van der Waals surface area contributed by atoms with Gasteiger partial charge in [-0.2, -0.15) is 5.26 Å². The first-order valence-electron chi connectivity index (χ1n) is 6.60. The minimum atomic E-state index is -1.28. The fraction of sp³-hybridized carbons (Fsp3) is 0.375. The van der Waals surface area contributed by atoms with Crippen LogP contribution >= 0.6 is 0 Å². The first-order valence-corrected chi connectivity index (χ1v) is 6.60. The molecule has 0 unspecified atom stereocenters. The topological polar surface area (TPSA) is 87.1 Å². The number of rotatable bonds is 4. The third-order valence-electron chi connectivity index (χ3n) is 4.38. The van der Waals surface area contributed by atoms with E-state index >= 15 is 0 Å². The highest BCUT2D eigenvalue weighted by Crippen LogP contribution is 2.55. The van der Waals surface area contributed by atoms with Gasteiger partial charge in [-0.1, -0.05) is 36.4 Å². The minimum absolute atomic E-state index is 0.0997. The summed E-state index contributed by atoms with van der Waals surface area (Å²) in [5.74, 6) is -1.35. The summed E-state index contributed by atoms with van der Waals surface area (Å²) in [6.45, 7) is 3.65. The fourth-order valence-electron chi connectivity index (χ4n) is 3.38. The summed E-state index contributed by atoms with van der Waals surface area (Å²) in [5, 5.41) is 19.3. The summed E-state index contributed by atoms with van der Waals surface area (Å²) >= 11 is 0.